The molecule has 1 aliphatic rings. The van der Waals surface area contributed by atoms with Gasteiger partial charge in [0, 0.05) is 5.38 Å². The van der Waals surface area contributed by atoms with Crippen molar-refractivity contribution in [2.75, 3.05) is 11.9 Å². The van der Waals surface area contributed by atoms with Crippen molar-refractivity contribution in [1.82, 2.24) is 10.3 Å². The lowest BCUT2D eigenvalue weighted by molar-refractivity contribution is -0.118. The van der Waals surface area contributed by atoms with Gasteiger partial charge in [-0.15, -0.1) is 11.3 Å². The zero-order chi connectivity index (χ0) is 10.8. The normalized spacial score (nSPS) is 25.5. The van der Waals surface area contributed by atoms with E-state index >= 15 is 0 Å². The molecule has 1 aliphatic heterocycles. The lowest BCUT2D eigenvalue weighted by Gasteiger charge is -2.13. The maximum Gasteiger partial charge on any atom is 0.243 e. The summed E-state index contributed by atoms with van der Waals surface area (Å²) in [5, 5.41) is 8.66. The lowest BCUT2D eigenvalue weighted by Crippen LogP contribution is -2.39. The van der Waals surface area contributed by atoms with Crippen LogP contribution < -0.4 is 10.6 Å². The topological polar surface area (TPSA) is 54.0 Å². The molecular formula is C10H15N3OS. The molecule has 2 heterocycles. The Morgan fingerprint density at radius 1 is 1.73 bits per heavy atom. The average Bonchev–Trinajstić information content (AvgIpc) is 2.75. The summed E-state index contributed by atoms with van der Waals surface area (Å²) < 4.78 is 0. The fourth-order valence-electron chi connectivity index (χ4n) is 1.78. The molecule has 1 fully saturated rings. The highest BCUT2D eigenvalue weighted by Gasteiger charge is 2.29. The van der Waals surface area contributed by atoms with Crippen LogP contribution in [-0.2, 0) is 4.79 Å². The van der Waals surface area contributed by atoms with Crippen molar-refractivity contribution in [1.29, 1.82) is 0 Å². The fraction of sp³-hybridized carbons (Fsp3) is 0.600. The Kier molecular flexibility index (Phi) is 3.02. The molecule has 2 N–H and O–H groups in total. The van der Waals surface area contributed by atoms with Gasteiger partial charge in [0.05, 0.1) is 11.7 Å². The molecule has 0 spiro atoms. The molecule has 5 heteroatoms. The number of aryl methyl sites for hydroxylation is 1. The van der Waals surface area contributed by atoms with E-state index < -0.39 is 0 Å². The molecule has 2 atom stereocenters. The van der Waals surface area contributed by atoms with Crippen molar-refractivity contribution >= 4 is 22.4 Å². The van der Waals surface area contributed by atoms with E-state index in [0.717, 1.165) is 18.7 Å². The van der Waals surface area contributed by atoms with Gasteiger partial charge >= 0.3 is 0 Å². The van der Waals surface area contributed by atoms with E-state index in [4.69, 9.17) is 0 Å². The van der Waals surface area contributed by atoms with Crippen molar-refractivity contribution in [3.8, 4) is 0 Å². The molecule has 1 aromatic rings. The Labute approximate surface area is 93.1 Å². The summed E-state index contributed by atoms with van der Waals surface area (Å²) in [6.07, 6.45) is 1.06. The predicted octanol–water partition coefficient (Wildman–Crippen LogP) is 1.39. The van der Waals surface area contributed by atoms with Crippen molar-refractivity contribution in [2.45, 2.75) is 26.3 Å². The lowest BCUT2D eigenvalue weighted by atomic mass is 10.0. The summed E-state index contributed by atoms with van der Waals surface area (Å²) in [6.45, 7) is 4.94. The number of hydrogen-bond acceptors (Lipinski definition) is 4. The number of amides is 1. The van der Waals surface area contributed by atoms with E-state index in [1.807, 2.05) is 12.3 Å². The summed E-state index contributed by atoms with van der Waals surface area (Å²) in [6, 6.07) is -0.0609. The summed E-state index contributed by atoms with van der Waals surface area (Å²) in [4.78, 5) is 16.0. The molecule has 1 saturated heterocycles. The van der Waals surface area contributed by atoms with Crippen LogP contribution in [0.15, 0.2) is 5.38 Å². The number of carbonyl (C=O) groups is 1. The monoisotopic (exact) mass is 225 g/mol. The van der Waals surface area contributed by atoms with Crippen LogP contribution in [0.3, 0.4) is 0 Å². The minimum absolute atomic E-state index is 0.0364. The van der Waals surface area contributed by atoms with Crippen LogP contribution in [-0.4, -0.2) is 23.5 Å². The molecular weight excluding hydrogens is 210 g/mol. The van der Waals surface area contributed by atoms with Gasteiger partial charge in [-0.3, -0.25) is 4.79 Å². The number of aromatic nitrogens is 1. The number of hydrogen-bond donors (Lipinski definition) is 2. The Morgan fingerprint density at radius 2 is 2.53 bits per heavy atom. The maximum absolute atomic E-state index is 11.8. The number of thiazole rings is 1. The molecule has 2 rings (SSSR count). The van der Waals surface area contributed by atoms with Crippen molar-refractivity contribution in [3.05, 3.63) is 11.1 Å². The van der Waals surface area contributed by atoms with E-state index in [1.54, 1.807) is 0 Å². The van der Waals surface area contributed by atoms with Crippen molar-refractivity contribution < 1.29 is 4.79 Å². The van der Waals surface area contributed by atoms with Crippen molar-refractivity contribution in [3.63, 3.8) is 0 Å². The van der Waals surface area contributed by atoms with Crippen LogP contribution in [0.5, 0.6) is 0 Å². The van der Waals surface area contributed by atoms with E-state index in [9.17, 15) is 4.79 Å². The SMILES string of the molecule is Cc1csc(NC(=O)C2NCCC2C)n1. The van der Waals surface area contributed by atoms with Gasteiger partial charge in [-0.2, -0.15) is 0 Å². The van der Waals surface area contributed by atoms with Gasteiger partial charge in [0.15, 0.2) is 5.13 Å². The van der Waals surface area contributed by atoms with Gasteiger partial charge in [-0.25, -0.2) is 4.98 Å². The first-order chi connectivity index (χ1) is 7.16. The van der Waals surface area contributed by atoms with E-state index in [2.05, 4.69) is 22.5 Å². The number of carbonyl (C=O) groups excluding carboxylic acids is 1. The Balaban J connectivity index is 1.97. The number of nitrogens with one attached hydrogen (secondary N) is 2. The van der Waals surface area contributed by atoms with Gasteiger partial charge in [0.2, 0.25) is 5.91 Å². The predicted molar refractivity (Wildman–Crippen MR) is 61.1 cm³/mol. The van der Waals surface area contributed by atoms with E-state index in [1.165, 1.54) is 11.3 Å². The van der Waals surface area contributed by atoms with Gasteiger partial charge in [0.1, 0.15) is 0 Å². The molecule has 82 valence electrons. The summed E-state index contributed by atoms with van der Waals surface area (Å²) in [5.74, 6) is 0.445. The quantitative estimate of drug-likeness (QED) is 0.799. The first-order valence-electron chi connectivity index (χ1n) is 5.13. The second kappa shape index (κ2) is 4.28. The Bertz CT molecular complexity index is 363. The van der Waals surface area contributed by atoms with Crippen molar-refractivity contribution in [2.24, 2.45) is 5.92 Å². The fourth-order valence-corrected chi connectivity index (χ4v) is 2.47. The van der Waals surface area contributed by atoms with Crippen LogP contribution in [0.25, 0.3) is 0 Å². The highest BCUT2D eigenvalue weighted by atomic mass is 32.1. The minimum atomic E-state index is -0.0609. The third-order valence-electron chi connectivity index (χ3n) is 2.66. The first-order valence-corrected chi connectivity index (χ1v) is 6.01. The molecule has 15 heavy (non-hydrogen) atoms. The van der Waals surface area contributed by atoms with Gasteiger partial charge in [-0.05, 0) is 25.8 Å². The van der Waals surface area contributed by atoms with Gasteiger partial charge in [0.25, 0.3) is 0 Å². The highest BCUT2D eigenvalue weighted by Crippen LogP contribution is 2.18. The van der Waals surface area contributed by atoms with Crippen LogP contribution in [0.2, 0.25) is 0 Å². The third kappa shape index (κ3) is 2.35. The third-order valence-corrected chi connectivity index (χ3v) is 3.54. The summed E-state index contributed by atoms with van der Waals surface area (Å²) in [5.41, 5.74) is 0.947. The number of rotatable bonds is 2. The molecule has 1 amide bonds. The Hall–Kier alpha value is -0.940. The molecule has 0 bridgehead atoms. The number of anilines is 1. The minimum Gasteiger partial charge on any atom is -0.306 e. The van der Waals surface area contributed by atoms with E-state index in [-0.39, 0.29) is 11.9 Å². The molecule has 0 aliphatic carbocycles. The zero-order valence-corrected chi connectivity index (χ0v) is 9.73. The maximum atomic E-state index is 11.8. The second-order valence-corrected chi connectivity index (χ2v) is 4.84. The Morgan fingerprint density at radius 3 is 3.07 bits per heavy atom. The van der Waals surface area contributed by atoms with Gasteiger partial charge in [-0.1, -0.05) is 6.92 Å². The zero-order valence-electron chi connectivity index (χ0n) is 8.91. The highest BCUT2D eigenvalue weighted by molar-refractivity contribution is 7.13. The summed E-state index contributed by atoms with van der Waals surface area (Å²) >= 11 is 1.47. The van der Waals surface area contributed by atoms with Gasteiger partial charge < -0.3 is 10.6 Å². The van der Waals surface area contributed by atoms with Crippen LogP contribution in [0.4, 0.5) is 5.13 Å². The van der Waals surface area contributed by atoms with Crippen LogP contribution in [0, 0.1) is 12.8 Å². The molecule has 0 saturated carbocycles. The molecule has 2 unspecified atom stereocenters. The smallest absolute Gasteiger partial charge is 0.243 e. The number of nitrogens with zero attached hydrogens (tertiary/aromatic N) is 1. The average molecular weight is 225 g/mol. The molecule has 0 radical (unpaired) electrons. The molecule has 1 aromatic heterocycles. The first kappa shape index (κ1) is 10.6. The van der Waals surface area contributed by atoms with E-state index in [0.29, 0.717) is 11.0 Å². The second-order valence-electron chi connectivity index (χ2n) is 3.98. The standard InChI is InChI=1S/C10H15N3OS/c1-6-3-4-11-8(6)9(14)13-10-12-7(2)5-15-10/h5-6,8,11H,3-4H2,1-2H3,(H,12,13,14). The van der Waals surface area contributed by atoms with Crippen LogP contribution in [0.1, 0.15) is 19.0 Å². The molecule has 0 aromatic carbocycles. The molecule has 4 nitrogen and oxygen atoms in total. The summed E-state index contributed by atoms with van der Waals surface area (Å²) in [7, 11) is 0. The largest absolute Gasteiger partial charge is 0.306 e. The van der Waals surface area contributed by atoms with Crippen LogP contribution >= 0.6 is 11.3 Å².